The third-order valence-electron chi connectivity index (χ3n) is 3.13. The maximum atomic E-state index is 12.0. The van der Waals surface area contributed by atoms with Crippen LogP contribution in [0.5, 0.6) is 0 Å². The van der Waals surface area contributed by atoms with Crippen molar-refractivity contribution >= 4 is 5.91 Å². The Morgan fingerprint density at radius 1 is 1.65 bits per heavy atom. The van der Waals surface area contributed by atoms with Crippen LogP contribution in [0.4, 0.5) is 0 Å². The van der Waals surface area contributed by atoms with E-state index in [9.17, 15) is 4.79 Å². The van der Waals surface area contributed by atoms with Crippen molar-refractivity contribution in [3.63, 3.8) is 0 Å². The van der Waals surface area contributed by atoms with E-state index < -0.39 is 0 Å². The van der Waals surface area contributed by atoms with Gasteiger partial charge in [-0.2, -0.15) is 0 Å². The number of nitrogens with two attached hydrogens (primary N) is 1. The minimum absolute atomic E-state index is 0.0890. The van der Waals surface area contributed by atoms with Crippen molar-refractivity contribution in [2.75, 3.05) is 26.8 Å². The quantitative estimate of drug-likeness (QED) is 0.712. The molecule has 0 aromatic carbocycles. The molecule has 0 saturated heterocycles. The van der Waals surface area contributed by atoms with Crippen molar-refractivity contribution in [3.05, 3.63) is 11.6 Å². The SMILES string of the molecule is CCCC[C@H](N)C(=O)N1CC=C(COC)CC1. The fraction of sp³-hybridized carbons (Fsp3) is 0.769. The molecular formula is C13H24N2O2. The minimum Gasteiger partial charge on any atom is -0.380 e. The van der Waals surface area contributed by atoms with Crippen LogP contribution >= 0.6 is 0 Å². The van der Waals surface area contributed by atoms with Crippen LogP contribution in [0.25, 0.3) is 0 Å². The topological polar surface area (TPSA) is 55.6 Å². The molecule has 1 rings (SSSR count). The van der Waals surface area contributed by atoms with E-state index in [1.54, 1.807) is 7.11 Å². The second-order valence-electron chi connectivity index (χ2n) is 4.58. The zero-order valence-electron chi connectivity index (χ0n) is 10.9. The Labute approximate surface area is 104 Å². The van der Waals surface area contributed by atoms with Gasteiger partial charge in [-0.15, -0.1) is 0 Å². The molecule has 1 aliphatic heterocycles. The number of carbonyl (C=O) groups excluding carboxylic acids is 1. The Balaban J connectivity index is 2.39. The molecule has 0 bridgehead atoms. The number of ether oxygens (including phenoxy) is 1. The smallest absolute Gasteiger partial charge is 0.239 e. The van der Waals surface area contributed by atoms with Crippen molar-refractivity contribution in [1.82, 2.24) is 4.90 Å². The van der Waals surface area contributed by atoms with Gasteiger partial charge in [-0.1, -0.05) is 25.8 Å². The number of nitrogens with zero attached hydrogens (tertiary/aromatic N) is 1. The first kappa shape index (κ1) is 14.2. The van der Waals surface area contributed by atoms with E-state index in [0.717, 1.165) is 32.2 Å². The van der Waals surface area contributed by atoms with Gasteiger partial charge in [-0.3, -0.25) is 4.79 Å². The molecule has 4 nitrogen and oxygen atoms in total. The largest absolute Gasteiger partial charge is 0.380 e. The summed E-state index contributed by atoms with van der Waals surface area (Å²) in [6.07, 6.45) is 5.88. The highest BCUT2D eigenvalue weighted by molar-refractivity contribution is 5.81. The van der Waals surface area contributed by atoms with Crippen LogP contribution in [-0.2, 0) is 9.53 Å². The van der Waals surface area contributed by atoms with E-state index >= 15 is 0 Å². The average molecular weight is 240 g/mol. The molecule has 1 aliphatic rings. The van der Waals surface area contributed by atoms with E-state index in [2.05, 4.69) is 13.0 Å². The zero-order chi connectivity index (χ0) is 12.7. The molecular weight excluding hydrogens is 216 g/mol. The molecule has 1 heterocycles. The lowest BCUT2D eigenvalue weighted by atomic mass is 10.1. The number of rotatable bonds is 6. The van der Waals surface area contributed by atoms with Gasteiger partial charge in [0, 0.05) is 20.2 Å². The number of carbonyl (C=O) groups is 1. The Morgan fingerprint density at radius 3 is 2.94 bits per heavy atom. The van der Waals surface area contributed by atoms with Crippen molar-refractivity contribution in [2.24, 2.45) is 5.73 Å². The van der Waals surface area contributed by atoms with Gasteiger partial charge >= 0.3 is 0 Å². The zero-order valence-corrected chi connectivity index (χ0v) is 10.9. The number of hydrogen-bond acceptors (Lipinski definition) is 3. The Morgan fingerprint density at radius 2 is 2.41 bits per heavy atom. The number of unbranched alkanes of at least 4 members (excludes halogenated alkanes) is 1. The second-order valence-corrected chi connectivity index (χ2v) is 4.58. The summed E-state index contributed by atoms with van der Waals surface area (Å²) in [7, 11) is 1.69. The van der Waals surface area contributed by atoms with E-state index in [0.29, 0.717) is 13.2 Å². The van der Waals surface area contributed by atoms with Gasteiger partial charge in [-0.05, 0) is 18.4 Å². The van der Waals surface area contributed by atoms with Crippen LogP contribution in [0, 0.1) is 0 Å². The van der Waals surface area contributed by atoms with E-state index in [1.165, 1.54) is 5.57 Å². The highest BCUT2D eigenvalue weighted by atomic mass is 16.5. The van der Waals surface area contributed by atoms with Crippen LogP contribution in [0.1, 0.15) is 32.6 Å². The maximum absolute atomic E-state index is 12.0. The number of methoxy groups -OCH3 is 1. The molecule has 98 valence electrons. The summed E-state index contributed by atoms with van der Waals surface area (Å²) >= 11 is 0. The van der Waals surface area contributed by atoms with Gasteiger partial charge in [0.15, 0.2) is 0 Å². The average Bonchev–Trinajstić information content (AvgIpc) is 2.36. The summed E-state index contributed by atoms with van der Waals surface area (Å²) in [6, 6.07) is -0.327. The van der Waals surface area contributed by atoms with Crippen LogP contribution < -0.4 is 5.73 Å². The van der Waals surface area contributed by atoms with Crippen LogP contribution in [0.2, 0.25) is 0 Å². The molecule has 0 fully saturated rings. The van der Waals surface area contributed by atoms with Gasteiger partial charge in [0.25, 0.3) is 0 Å². The molecule has 1 atom stereocenters. The number of amides is 1. The molecule has 0 spiro atoms. The van der Waals surface area contributed by atoms with Gasteiger partial charge in [0.1, 0.15) is 0 Å². The van der Waals surface area contributed by atoms with E-state index in [1.807, 2.05) is 4.90 Å². The minimum atomic E-state index is -0.327. The molecule has 17 heavy (non-hydrogen) atoms. The molecule has 0 aromatic heterocycles. The fourth-order valence-corrected chi connectivity index (χ4v) is 2.01. The first-order valence-electron chi connectivity index (χ1n) is 6.40. The summed E-state index contributed by atoms with van der Waals surface area (Å²) in [5.74, 6) is 0.0890. The third-order valence-corrected chi connectivity index (χ3v) is 3.13. The lowest BCUT2D eigenvalue weighted by Crippen LogP contribution is -2.45. The third kappa shape index (κ3) is 4.48. The van der Waals surface area contributed by atoms with Crippen LogP contribution in [-0.4, -0.2) is 43.7 Å². The standard InChI is InChI=1S/C13H24N2O2/c1-3-4-5-12(14)13(16)15-8-6-11(7-9-15)10-17-2/h6,12H,3-5,7-10,14H2,1-2H3/t12-/m0/s1. The highest BCUT2D eigenvalue weighted by Crippen LogP contribution is 2.12. The molecule has 0 radical (unpaired) electrons. The summed E-state index contributed by atoms with van der Waals surface area (Å²) in [4.78, 5) is 13.9. The summed E-state index contributed by atoms with van der Waals surface area (Å²) in [5, 5.41) is 0. The predicted octanol–water partition coefficient (Wildman–Crippen LogP) is 1.31. The van der Waals surface area contributed by atoms with Gasteiger partial charge in [-0.25, -0.2) is 0 Å². The Bertz CT molecular complexity index is 277. The molecule has 4 heteroatoms. The Kier molecular flexibility index (Phi) is 6.22. The molecule has 2 N–H and O–H groups in total. The van der Waals surface area contributed by atoms with E-state index in [4.69, 9.17) is 10.5 Å². The van der Waals surface area contributed by atoms with Crippen molar-refractivity contribution in [3.8, 4) is 0 Å². The van der Waals surface area contributed by atoms with E-state index in [-0.39, 0.29) is 11.9 Å². The van der Waals surface area contributed by atoms with Crippen molar-refractivity contribution in [2.45, 2.75) is 38.6 Å². The summed E-state index contributed by atoms with van der Waals surface area (Å²) in [5.41, 5.74) is 7.17. The monoisotopic (exact) mass is 240 g/mol. The second kappa shape index (κ2) is 7.45. The van der Waals surface area contributed by atoms with Crippen molar-refractivity contribution < 1.29 is 9.53 Å². The van der Waals surface area contributed by atoms with Gasteiger partial charge in [0.05, 0.1) is 12.6 Å². The normalized spacial score (nSPS) is 17.8. The van der Waals surface area contributed by atoms with Gasteiger partial charge < -0.3 is 15.4 Å². The predicted molar refractivity (Wildman–Crippen MR) is 68.7 cm³/mol. The summed E-state index contributed by atoms with van der Waals surface area (Å²) < 4.78 is 5.08. The molecule has 1 amide bonds. The maximum Gasteiger partial charge on any atom is 0.239 e. The fourth-order valence-electron chi connectivity index (χ4n) is 2.01. The number of hydrogen-bond donors (Lipinski definition) is 1. The first-order valence-corrected chi connectivity index (χ1v) is 6.40. The van der Waals surface area contributed by atoms with Gasteiger partial charge in [0.2, 0.25) is 5.91 Å². The lowest BCUT2D eigenvalue weighted by Gasteiger charge is -2.28. The molecule has 0 aromatic rings. The lowest BCUT2D eigenvalue weighted by molar-refractivity contribution is -0.132. The highest BCUT2D eigenvalue weighted by Gasteiger charge is 2.22. The molecule has 0 saturated carbocycles. The summed E-state index contributed by atoms with van der Waals surface area (Å²) in [6.45, 7) is 4.23. The molecule has 0 unspecified atom stereocenters. The molecule has 0 aliphatic carbocycles. The van der Waals surface area contributed by atoms with Crippen LogP contribution in [0.15, 0.2) is 11.6 Å². The first-order chi connectivity index (χ1) is 8.19. The van der Waals surface area contributed by atoms with Crippen molar-refractivity contribution in [1.29, 1.82) is 0 Å². The Hall–Kier alpha value is -0.870. The van der Waals surface area contributed by atoms with Crippen LogP contribution in [0.3, 0.4) is 0 Å².